The summed E-state index contributed by atoms with van der Waals surface area (Å²) in [7, 11) is 0. The molecule has 0 fully saturated rings. The first kappa shape index (κ1) is 12.7. The molecule has 18 heavy (non-hydrogen) atoms. The number of nitrogens with two attached hydrogens (primary N) is 1. The average Bonchev–Trinajstić information content (AvgIpc) is 2.38. The number of aryl methyl sites for hydroxylation is 2. The van der Waals surface area contributed by atoms with Crippen molar-refractivity contribution in [1.29, 1.82) is 0 Å². The van der Waals surface area contributed by atoms with E-state index in [1.807, 2.05) is 36.4 Å². The third kappa shape index (κ3) is 3.11. The van der Waals surface area contributed by atoms with Crippen LogP contribution in [-0.2, 0) is 0 Å². The van der Waals surface area contributed by atoms with Crippen LogP contribution in [0.25, 0.3) is 0 Å². The first-order valence-electron chi connectivity index (χ1n) is 6.17. The molecule has 1 unspecified atom stereocenters. The summed E-state index contributed by atoms with van der Waals surface area (Å²) in [6, 6.07) is 16.1. The molecule has 0 radical (unpaired) electrons. The van der Waals surface area contributed by atoms with Gasteiger partial charge in [0.25, 0.3) is 0 Å². The third-order valence-electron chi connectivity index (χ3n) is 2.98. The van der Waals surface area contributed by atoms with Crippen molar-refractivity contribution in [3.63, 3.8) is 0 Å². The second kappa shape index (κ2) is 5.69. The summed E-state index contributed by atoms with van der Waals surface area (Å²) in [5.41, 5.74) is 9.59. The standard InChI is InChI=1S/C16H19NO/c1-12-8-9-16(13(2)10-12)18-11-15(17)14-6-4-3-5-7-14/h3-10,15H,11,17H2,1-2H3. The van der Waals surface area contributed by atoms with E-state index in [0.29, 0.717) is 6.61 Å². The lowest BCUT2D eigenvalue weighted by atomic mass is 10.1. The number of benzene rings is 2. The molecule has 0 heterocycles. The summed E-state index contributed by atoms with van der Waals surface area (Å²) in [5, 5.41) is 0. The summed E-state index contributed by atoms with van der Waals surface area (Å²) in [5.74, 6) is 0.909. The molecule has 0 spiro atoms. The van der Waals surface area contributed by atoms with Gasteiger partial charge in [-0.2, -0.15) is 0 Å². The average molecular weight is 241 g/mol. The van der Waals surface area contributed by atoms with Crippen LogP contribution >= 0.6 is 0 Å². The molecule has 1 atom stereocenters. The molecule has 0 saturated heterocycles. The summed E-state index contributed by atoms with van der Waals surface area (Å²) in [6.45, 7) is 4.62. The van der Waals surface area contributed by atoms with Gasteiger partial charge in [0, 0.05) is 0 Å². The predicted octanol–water partition coefficient (Wildman–Crippen LogP) is 3.38. The maximum absolute atomic E-state index is 6.10. The normalized spacial score (nSPS) is 12.2. The molecule has 2 aromatic carbocycles. The first-order chi connectivity index (χ1) is 8.66. The van der Waals surface area contributed by atoms with E-state index in [4.69, 9.17) is 10.5 Å². The summed E-state index contributed by atoms with van der Waals surface area (Å²) in [4.78, 5) is 0. The van der Waals surface area contributed by atoms with Gasteiger partial charge in [0.1, 0.15) is 12.4 Å². The third-order valence-corrected chi connectivity index (χ3v) is 2.98. The van der Waals surface area contributed by atoms with Gasteiger partial charge in [-0.25, -0.2) is 0 Å². The second-order valence-corrected chi connectivity index (χ2v) is 4.60. The zero-order chi connectivity index (χ0) is 13.0. The number of hydrogen-bond acceptors (Lipinski definition) is 2. The molecule has 94 valence electrons. The quantitative estimate of drug-likeness (QED) is 0.890. The van der Waals surface area contributed by atoms with Crippen molar-refractivity contribution in [1.82, 2.24) is 0 Å². The van der Waals surface area contributed by atoms with Gasteiger partial charge in [-0.15, -0.1) is 0 Å². The van der Waals surface area contributed by atoms with Crippen LogP contribution in [0.1, 0.15) is 22.7 Å². The Morgan fingerprint density at radius 3 is 2.44 bits per heavy atom. The number of ether oxygens (including phenoxy) is 1. The molecule has 0 aromatic heterocycles. The van der Waals surface area contributed by atoms with E-state index >= 15 is 0 Å². The lowest BCUT2D eigenvalue weighted by molar-refractivity contribution is 0.289. The monoisotopic (exact) mass is 241 g/mol. The fraction of sp³-hybridized carbons (Fsp3) is 0.250. The Hall–Kier alpha value is -1.80. The SMILES string of the molecule is Cc1ccc(OCC(N)c2ccccc2)c(C)c1. The van der Waals surface area contributed by atoms with Gasteiger partial charge in [0.2, 0.25) is 0 Å². The summed E-state index contributed by atoms with van der Waals surface area (Å²) < 4.78 is 5.78. The van der Waals surface area contributed by atoms with Crippen molar-refractivity contribution in [3.05, 3.63) is 65.2 Å². The van der Waals surface area contributed by atoms with Crippen molar-refractivity contribution < 1.29 is 4.74 Å². The van der Waals surface area contributed by atoms with E-state index < -0.39 is 0 Å². The van der Waals surface area contributed by atoms with Gasteiger partial charge in [0.05, 0.1) is 6.04 Å². The first-order valence-corrected chi connectivity index (χ1v) is 6.17. The Morgan fingerprint density at radius 2 is 1.78 bits per heavy atom. The van der Waals surface area contributed by atoms with Crippen LogP contribution in [0.5, 0.6) is 5.75 Å². The van der Waals surface area contributed by atoms with E-state index in [-0.39, 0.29) is 6.04 Å². The zero-order valence-corrected chi connectivity index (χ0v) is 10.9. The molecular formula is C16H19NO. The molecule has 0 aliphatic rings. The molecule has 0 aliphatic heterocycles. The molecule has 0 amide bonds. The highest BCUT2D eigenvalue weighted by Crippen LogP contribution is 2.20. The lowest BCUT2D eigenvalue weighted by Crippen LogP contribution is -2.19. The highest BCUT2D eigenvalue weighted by Gasteiger charge is 2.07. The van der Waals surface area contributed by atoms with Crippen molar-refractivity contribution in [2.45, 2.75) is 19.9 Å². The minimum absolute atomic E-state index is 0.0908. The number of hydrogen-bond donors (Lipinski definition) is 1. The Kier molecular flexibility index (Phi) is 4.00. The van der Waals surface area contributed by atoms with Crippen LogP contribution in [0.2, 0.25) is 0 Å². The van der Waals surface area contributed by atoms with Crippen LogP contribution in [0.3, 0.4) is 0 Å². The molecule has 2 N–H and O–H groups in total. The highest BCUT2D eigenvalue weighted by atomic mass is 16.5. The van der Waals surface area contributed by atoms with Crippen LogP contribution in [-0.4, -0.2) is 6.61 Å². The van der Waals surface area contributed by atoms with E-state index in [1.54, 1.807) is 0 Å². The molecule has 0 aliphatic carbocycles. The predicted molar refractivity (Wildman–Crippen MR) is 74.8 cm³/mol. The maximum atomic E-state index is 6.10. The molecule has 2 heteroatoms. The molecule has 2 nitrogen and oxygen atoms in total. The Morgan fingerprint density at radius 1 is 1.06 bits per heavy atom. The van der Waals surface area contributed by atoms with Crippen molar-refractivity contribution in [3.8, 4) is 5.75 Å². The lowest BCUT2D eigenvalue weighted by Gasteiger charge is -2.15. The molecule has 2 rings (SSSR count). The molecular weight excluding hydrogens is 222 g/mol. The van der Waals surface area contributed by atoms with Gasteiger partial charge < -0.3 is 10.5 Å². The zero-order valence-electron chi connectivity index (χ0n) is 10.9. The molecule has 0 saturated carbocycles. The topological polar surface area (TPSA) is 35.2 Å². The van der Waals surface area contributed by atoms with E-state index in [9.17, 15) is 0 Å². The van der Waals surface area contributed by atoms with Gasteiger partial charge >= 0.3 is 0 Å². The fourth-order valence-corrected chi connectivity index (χ4v) is 1.94. The maximum Gasteiger partial charge on any atom is 0.122 e. The van der Waals surface area contributed by atoms with Crippen molar-refractivity contribution >= 4 is 0 Å². The van der Waals surface area contributed by atoms with Crippen LogP contribution in [0.15, 0.2) is 48.5 Å². The van der Waals surface area contributed by atoms with E-state index in [0.717, 1.165) is 16.9 Å². The van der Waals surface area contributed by atoms with Gasteiger partial charge in [-0.1, -0.05) is 48.0 Å². The highest BCUT2D eigenvalue weighted by molar-refractivity contribution is 5.35. The molecule has 2 aromatic rings. The fourth-order valence-electron chi connectivity index (χ4n) is 1.94. The summed E-state index contributed by atoms with van der Waals surface area (Å²) in [6.07, 6.45) is 0. The molecule has 0 bridgehead atoms. The van der Waals surface area contributed by atoms with E-state index in [1.165, 1.54) is 5.56 Å². The van der Waals surface area contributed by atoms with Crippen LogP contribution < -0.4 is 10.5 Å². The van der Waals surface area contributed by atoms with Crippen molar-refractivity contribution in [2.75, 3.05) is 6.61 Å². The van der Waals surface area contributed by atoms with Gasteiger partial charge in [-0.05, 0) is 31.0 Å². The van der Waals surface area contributed by atoms with E-state index in [2.05, 4.69) is 26.0 Å². The number of rotatable bonds is 4. The van der Waals surface area contributed by atoms with Gasteiger partial charge in [0.15, 0.2) is 0 Å². The van der Waals surface area contributed by atoms with Crippen LogP contribution in [0, 0.1) is 13.8 Å². The van der Waals surface area contributed by atoms with Crippen molar-refractivity contribution in [2.24, 2.45) is 5.73 Å². The Balaban J connectivity index is 1.99. The summed E-state index contributed by atoms with van der Waals surface area (Å²) >= 11 is 0. The minimum Gasteiger partial charge on any atom is -0.491 e. The Labute approximate surface area is 108 Å². The smallest absolute Gasteiger partial charge is 0.122 e. The largest absolute Gasteiger partial charge is 0.491 e. The Bertz CT molecular complexity index is 508. The second-order valence-electron chi connectivity index (χ2n) is 4.60. The van der Waals surface area contributed by atoms with Crippen LogP contribution in [0.4, 0.5) is 0 Å². The van der Waals surface area contributed by atoms with Gasteiger partial charge in [-0.3, -0.25) is 0 Å². The minimum atomic E-state index is -0.0908.